The molecule has 2 nitrogen and oxygen atoms in total. The lowest BCUT2D eigenvalue weighted by molar-refractivity contribution is 0.181. The summed E-state index contributed by atoms with van der Waals surface area (Å²) in [6.45, 7) is 1.85. The number of nitrogens with zero attached hydrogens (tertiary/aromatic N) is 1. The zero-order chi connectivity index (χ0) is 14.1. The minimum Gasteiger partial charge on any atom is -0.329 e. The molecule has 0 aliphatic carbocycles. The van der Waals surface area contributed by atoms with Crippen LogP contribution in [0.3, 0.4) is 0 Å². The van der Waals surface area contributed by atoms with E-state index in [-0.39, 0.29) is 12.6 Å². The van der Waals surface area contributed by atoms with Crippen molar-refractivity contribution in [1.29, 1.82) is 0 Å². The van der Waals surface area contributed by atoms with E-state index >= 15 is 0 Å². The molecule has 3 rings (SSSR count). The van der Waals surface area contributed by atoms with Gasteiger partial charge in [0, 0.05) is 30.1 Å². The second-order valence-electron chi connectivity index (χ2n) is 5.01. The number of halogens is 2. The molecule has 0 saturated carbocycles. The van der Waals surface area contributed by atoms with Gasteiger partial charge in [-0.1, -0.05) is 0 Å². The molecule has 0 bridgehead atoms. The lowest BCUT2D eigenvalue weighted by atomic mass is 10.0. The summed E-state index contributed by atoms with van der Waals surface area (Å²) in [6, 6.07) is 5.39. The molecule has 20 heavy (non-hydrogen) atoms. The third-order valence-electron chi connectivity index (χ3n) is 3.82. The zero-order valence-electron chi connectivity index (χ0n) is 11.0. The number of benzene rings is 1. The summed E-state index contributed by atoms with van der Waals surface area (Å²) in [5, 5.41) is 2.08. The third-order valence-corrected chi connectivity index (χ3v) is 4.84. The van der Waals surface area contributed by atoms with Gasteiger partial charge in [0.1, 0.15) is 11.6 Å². The van der Waals surface area contributed by atoms with Crippen LogP contribution in [0.5, 0.6) is 0 Å². The van der Waals surface area contributed by atoms with Crippen molar-refractivity contribution in [2.75, 3.05) is 13.1 Å². The monoisotopic (exact) mass is 294 g/mol. The number of rotatable bonds is 3. The van der Waals surface area contributed by atoms with Gasteiger partial charge in [-0.2, -0.15) is 0 Å². The van der Waals surface area contributed by atoms with Gasteiger partial charge in [-0.15, -0.1) is 11.3 Å². The molecule has 1 aromatic heterocycles. The highest BCUT2D eigenvalue weighted by Crippen LogP contribution is 2.31. The largest absolute Gasteiger partial charge is 0.329 e. The summed E-state index contributed by atoms with van der Waals surface area (Å²) in [7, 11) is 0. The zero-order valence-corrected chi connectivity index (χ0v) is 11.8. The van der Waals surface area contributed by atoms with Crippen molar-refractivity contribution < 1.29 is 8.78 Å². The Labute approximate surface area is 120 Å². The quantitative estimate of drug-likeness (QED) is 0.942. The van der Waals surface area contributed by atoms with Crippen molar-refractivity contribution >= 4 is 11.3 Å². The molecule has 1 atom stereocenters. The fourth-order valence-corrected chi connectivity index (χ4v) is 3.67. The highest BCUT2D eigenvalue weighted by molar-refractivity contribution is 7.10. The summed E-state index contributed by atoms with van der Waals surface area (Å²) < 4.78 is 27.3. The van der Waals surface area contributed by atoms with Gasteiger partial charge in [-0.05, 0) is 41.6 Å². The Balaban J connectivity index is 1.89. The SMILES string of the molecule is NCC(c1cc(F)ccc1F)N1CCc2sccc2C1. The van der Waals surface area contributed by atoms with E-state index in [2.05, 4.69) is 16.3 Å². The fraction of sp³-hybridized carbons (Fsp3) is 0.333. The van der Waals surface area contributed by atoms with E-state index in [1.165, 1.54) is 22.6 Å². The fourth-order valence-electron chi connectivity index (χ4n) is 2.78. The predicted molar refractivity (Wildman–Crippen MR) is 76.6 cm³/mol. The predicted octanol–water partition coefficient (Wildman–Crippen LogP) is 3.08. The Hall–Kier alpha value is -1.30. The maximum Gasteiger partial charge on any atom is 0.128 e. The van der Waals surface area contributed by atoms with Crippen LogP contribution in [0, 0.1) is 11.6 Å². The molecule has 1 aliphatic rings. The molecule has 2 heterocycles. The van der Waals surface area contributed by atoms with Gasteiger partial charge in [-0.25, -0.2) is 8.78 Å². The van der Waals surface area contributed by atoms with Gasteiger partial charge in [0.2, 0.25) is 0 Å². The first kappa shape index (κ1) is 13.7. The molecule has 2 aromatic rings. The Bertz CT molecular complexity index is 612. The molecule has 106 valence electrons. The van der Waals surface area contributed by atoms with Crippen molar-refractivity contribution in [3.63, 3.8) is 0 Å². The van der Waals surface area contributed by atoms with Crippen LogP contribution < -0.4 is 5.73 Å². The van der Waals surface area contributed by atoms with Crippen molar-refractivity contribution in [2.24, 2.45) is 5.73 Å². The highest BCUT2D eigenvalue weighted by Gasteiger charge is 2.26. The molecule has 0 fully saturated rings. The van der Waals surface area contributed by atoms with E-state index in [0.717, 1.165) is 25.6 Å². The van der Waals surface area contributed by atoms with Crippen LogP contribution in [-0.2, 0) is 13.0 Å². The number of nitrogens with two attached hydrogens (primary N) is 1. The maximum absolute atomic E-state index is 14.0. The van der Waals surface area contributed by atoms with Crippen molar-refractivity contribution in [3.05, 3.63) is 57.3 Å². The van der Waals surface area contributed by atoms with E-state index in [4.69, 9.17) is 5.73 Å². The van der Waals surface area contributed by atoms with Gasteiger partial charge < -0.3 is 5.73 Å². The van der Waals surface area contributed by atoms with Gasteiger partial charge >= 0.3 is 0 Å². The van der Waals surface area contributed by atoms with Crippen molar-refractivity contribution in [3.8, 4) is 0 Å². The minimum absolute atomic E-state index is 0.278. The van der Waals surface area contributed by atoms with E-state index in [1.54, 1.807) is 11.3 Å². The first-order valence-electron chi connectivity index (χ1n) is 6.63. The van der Waals surface area contributed by atoms with E-state index in [1.807, 2.05) is 0 Å². The van der Waals surface area contributed by atoms with Crippen LogP contribution in [0.25, 0.3) is 0 Å². The summed E-state index contributed by atoms with van der Waals surface area (Å²) in [5.74, 6) is -0.814. The van der Waals surface area contributed by atoms with Crippen LogP contribution in [0.4, 0.5) is 8.78 Å². The maximum atomic E-state index is 14.0. The molecular formula is C15H16F2N2S. The van der Waals surface area contributed by atoms with Crippen LogP contribution in [0.15, 0.2) is 29.6 Å². The summed E-state index contributed by atoms with van der Waals surface area (Å²) in [6.07, 6.45) is 0.945. The van der Waals surface area contributed by atoms with Crippen molar-refractivity contribution in [1.82, 2.24) is 4.90 Å². The number of hydrogen-bond acceptors (Lipinski definition) is 3. The Morgan fingerprint density at radius 3 is 2.95 bits per heavy atom. The molecule has 0 amide bonds. The third kappa shape index (κ3) is 2.49. The van der Waals surface area contributed by atoms with E-state index in [0.29, 0.717) is 5.56 Å². The topological polar surface area (TPSA) is 29.3 Å². The average Bonchev–Trinajstić information content (AvgIpc) is 2.91. The Morgan fingerprint density at radius 2 is 2.15 bits per heavy atom. The minimum atomic E-state index is -0.423. The second-order valence-corrected chi connectivity index (χ2v) is 6.01. The molecule has 5 heteroatoms. The second kappa shape index (κ2) is 5.60. The van der Waals surface area contributed by atoms with Gasteiger partial charge in [0.25, 0.3) is 0 Å². The Kier molecular flexibility index (Phi) is 3.83. The summed E-state index contributed by atoms with van der Waals surface area (Å²) in [4.78, 5) is 3.52. The molecule has 0 saturated heterocycles. The van der Waals surface area contributed by atoms with Crippen LogP contribution in [0.2, 0.25) is 0 Å². The molecule has 0 spiro atoms. The molecule has 0 radical (unpaired) electrons. The van der Waals surface area contributed by atoms with Crippen LogP contribution >= 0.6 is 11.3 Å². The number of fused-ring (bicyclic) bond motifs is 1. The van der Waals surface area contributed by atoms with E-state index < -0.39 is 11.6 Å². The van der Waals surface area contributed by atoms with Crippen LogP contribution in [-0.4, -0.2) is 18.0 Å². The van der Waals surface area contributed by atoms with Gasteiger partial charge in [0.05, 0.1) is 6.04 Å². The van der Waals surface area contributed by atoms with Crippen molar-refractivity contribution in [2.45, 2.75) is 19.0 Å². The molecule has 1 unspecified atom stereocenters. The number of hydrogen-bond donors (Lipinski definition) is 1. The number of thiophene rings is 1. The standard InChI is InChI=1S/C15H16F2N2S/c16-11-1-2-13(17)12(7-11)14(8-18)19-5-3-15-10(9-19)4-6-20-15/h1-2,4,6-7,14H,3,5,8-9,18H2. The molecule has 1 aliphatic heterocycles. The molecule has 2 N–H and O–H groups in total. The molecule has 1 aromatic carbocycles. The van der Waals surface area contributed by atoms with E-state index in [9.17, 15) is 8.78 Å². The summed E-state index contributed by atoms with van der Waals surface area (Å²) in [5.41, 5.74) is 7.45. The highest BCUT2D eigenvalue weighted by atomic mass is 32.1. The Morgan fingerprint density at radius 1 is 1.30 bits per heavy atom. The lowest BCUT2D eigenvalue weighted by Crippen LogP contribution is -2.37. The van der Waals surface area contributed by atoms with Gasteiger partial charge in [0.15, 0.2) is 0 Å². The lowest BCUT2D eigenvalue weighted by Gasteiger charge is -2.34. The van der Waals surface area contributed by atoms with Crippen LogP contribution in [0.1, 0.15) is 22.0 Å². The first-order valence-corrected chi connectivity index (χ1v) is 7.51. The average molecular weight is 294 g/mol. The smallest absolute Gasteiger partial charge is 0.128 e. The van der Waals surface area contributed by atoms with Gasteiger partial charge in [-0.3, -0.25) is 4.90 Å². The normalized spacial score (nSPS) is 16.9. The first-order chi connectivity index (χ1) is 9.69. The summed E-state index contributed by atoms with van der Waals surface area (Å²) >= 11 is 1.76. The molecular weight excluding hydrogens is 278 g/mol.